The minimum Gasteiger partial charge on any atom is -0.493 e. The van der Waals surface area contributed by atoms with Gasteiger partial charge >= 0.3 is 0 Å². The third kappa shape index (κ3) is 3.98. The summed E-state index contributed by atoms with van der Waals surface area (Å²) in [6.45, 7) is 6.64. The first-order valence-corrected chi connectivity index (χ1v) is 10.5. The Kier molecular flexibility index (Phi) is 5.98. The number of aromatic nitrogens is 4. The Labute approximate surface area is 186 Å². The largest absolute Gasteiger partial charge is 0.493 e. The van der Waals surface area contributed by atoms with Crippen molar-refractivity contribution in [3.05, 3.63) is 47.2 Å². The predicted octanol–water partition coefficient (Wildman–Crippen LogP) is 3.50. The highest BCUT2D eigenvalue weighted by molar-refractivity contribution is 5.95. The van der Waals surface area contributed by atoms with Gasteiger partial charge < -0.3 is 19.5 Å². The van der Waals surface area contributed by atoms with Crippen LogP contribution in [0.1, 0.15) is 43.0 Å². The van der Waals surface area contributed by atoms with Gasteiger partial charge in [0.25, 0.3) is 0 Å². The van der Waals surface area contributed by atoms with Crippen molar-refractivity contribution in [3.63, 3.8) is 0 Å². The van der Waals surface area contributed by atoms with Crippen LogP contribution in [0.3, 0.4) is 0 Å². The first-order valence-electron chi connectivity index (χ1n) is 10.5. The van der Waals surface area contributed by atoms with Crippen molar-refractivity contribution < 1.29 is 19.0 Å². The Hall–Kier alpha value is -3.62. The van der Waals surface area contributed by atoms with Crippen molar-refractivity contribution in [2.24, 2.45) is 5.92 Å². The molecule has 2 aromatic heterocycles. The number of nitrogens with one attached hydrogen (secondary N) is 1. The minimum absolute atomic E-state index is 0.109. The van der Waals surface area contributed by atoms with Crippen LogP contribution in [0.15, 0.2) is 30.3 Å². The molecule has 3 heterocycles. The zero-order valence-electron chi connectivity index (χ0n) is 18.9. The third-order valence-electron chi connectivity index (χ3n) is 5.32. The second-order valence-electron chi connectivity index (χ2n) is 8.08. The molecule has 4 rings (SSSR count). The number of hydrogen-bond donors (Lipinski definition) is 1. The Bertz CT molecular complexity index is 1120. The fraction of sp³-hybridized carbons (Fsp3) is 0.391. The molecule has 1 N–H and O–H groups in total. The molecule has 32 heavy (non-hydrogen) atoms. The number of carbonyl (C=O) groups is 1. The highest BCUT2D eigenvalue weighted by Gasteiger charge is 2.35. The van der Waals surface area contributed by atoms with Crippen molar-refractivity contribution in [2.75, 3.05) is 26.1 Å². The number of carbonyl (C=O) groups excluding carboxylic acids is 1. The molecule has 3 aromatic rings. The van der Waals surface area contributed by atoms with Crippen LogP contribution < -0.4 is 19.5 Å². The highest BCUT2D eigenvalue weighted by Crippen LogP contribution is 2.45. The van der Waals surface area contributed by atoms with E-state index >= 15 is 0 Å². The number of hydrogen-bond acceptors (Lipinski definition) is 7. The van der Waals surface area contributed by atoms with Crippen molar-refractivity contribution in [1.29, 1.82) is 0 Å². The fourth-order valence-electron chi connectivity index (χ4n) is 3.89. The van der Waals surface area contributed by atoms with E-state index in [4.69, 9.17) is 14.2 Å². The van der Waals surface area contributed by atoms with Gasteiger partial charge in [-0.3, -0.25) is 4.79 Å². The molecule has 9 nitrogen and oxygen atoms in total. The zero-order chi connectivity index (χ0) is 22.8. The van der Waals surface area contributed by atoms with Gasteiger partial charge in [0, 0.05) is 29.5 Å². The molecule has 168 valence electrons. The molecular weight excluding hydrogens is 410 g/mol. The topological polar surface area (TPSA) is 100 Å². The number of ether oxygens (including phenoxy) is 3. The lowest BCUT2D eigenvalue weighted by Crippen LogP contribution is -2.25. The van der Waals surface area contributed by atoms with E-state index in [0.717, 1.165) is 16.8 Å². The number of benzene rings is 1. The molecule has 1 aliphatic heterocycles. The summed E-state index contributed by atoms with van der Waals surface area (Å²) in [4.78, 5) is 12.8. The molecule has 0 radical (unpaired) electrons. The van der Waals surface area contributed by atoms with Crippen molar-refractivity contribution in [3.8, 4) is 23.2 Å². The van der Waals surface area contributed by atoms with Crippen LogP contribution in [0, 0.1) is 12.8 Å². The molecule has 1 aromatic carbocycles. The number of rotatable bonds is 7. The number of nitrogens with zero attached hydrogens (tertiary/aromatic N) is 4. The monoisotopic (exact) mass is 437 g/mol. The average molecular weight is 438 g/mol. The van der Waals surface area contributed by atoms with Crippen LogP contribution >= 0.6 is 0 Å². The van der Waals surface area contributed by atoms with E-state index in [1.807, 2.05) is 25.1 Å². The summed E-state index contributed by atoms with van der Waals surface area (Å²) >= 11 is 0. The van der Waals surface area contributed by atoms with Crippen molar-refractivity contribution in [1.82, 2.24) is 20.0 Å². The summed E-state index contributed by atoms with van der Waals surface area (Å²) in [7, 11) is 3.15. The van der Waals surface area contributed by atoms with E-state index in [1.54, 1.807) is 23.9 Å². The maximum absolute atomic E-state index is 12.8. The van der Waals surface area contributed by atoms with Gasteiger partial charge in [0.15, 0.2) is 17.3 Å². The number of aryl methyl sites for hydroxylation is 1. The lowest BCUT2D eigenvalue weighted by molar-refractivity contribution is -0.116. The lowest BCUT2D eigenvalue weighted by atomic mass is 9.85. The van der Waals surface area contributed by atoms with E-state index in [-0.39, 0.29) is 18.2 Å². The summed E-state index contributed by atoms with van der Waals surface area (Å²) in [6, 6.07) is 9.21. The van der Waals surface area contributed by atoms with E-state index < -0.39 is 0 Å². The van der Waals surface area contributed by atoms with Crippen LogP contribution in [0.5, 0.6) is 17.4 Å². The van der Waals surface area contributed by atoms with Gasteiger partial charge in [-0.05, 0) is 25.0 Å². The van der Waals surface area contributed by atoms with E-state index in [1.165, 1.54) is 7.11 Å². The van der Waals surface area contributed by atoms with Gasteiger partial charge in [0.2, 0.25) is 11.8 Å². The van der Waals surface area contributed by atoms with E-state index in [0.29, 0.717) is 41.5 Å². The third-order valence-corrected chi connectivity index (χ3v) is 5.32. The summed E-state index contributed by atoms with van der Waals surface area (Å²) in [5.41, 5.74) is 2.61. The first kappa shape index (κ1) is 21.6. The van der Waals surface area contributed by atoms with Gasteiger partial charge in [-0.1, -0.05) is 26.0 Å². The quantitative estimate of drug-likeness (QED) is 0.604. The molecule has 0 saturated heterocycles. The first-order chi connectivity index (χ1) is 15.4. The van der Waals surface area contributed by atoms with Gasteiger partial charge in [0.1, 0.15) is 5.82 Å². The van der Waals surface area contributed by atoms with E-state index in [2.05, 4.69) is 34.5 Å². The van der Waals surface area contributed by atoms with Gasteiger partial charge in [0.05, 0.1) is 26.5 Å². The number of para-hydroxylation sites is 1. The summed E-state index contributed by atoms with van der Waals surface area (Å²) in [6.07, 6.45) is 0.277. The summed E-state index contributed by atoms with van der Waals surface area (Å²) < 4.78 is 18.4. The van der Waals surface area contributed by atoms with Gasteiger partial charge in [-0.15, -0.1) is 10.2 Å². The molecular formula is C23H27N5O4. The molecule has 1 aliphatic rings. The minimum atomic E-state index is -0.240. The van der Waals surface area contributed by atoms with Crippen LogP contribution in [0.25, 0.3) is 5.82 Å². The number of fused-ring (bicyclic) bond motifs is 1. The Morgan fingerprint density at radius 3 is 2.62 bits per heavy atom. The summed E-state index contributed by atoms with van der Waals surface area (Å²) in [5, 5.41) is 15.8. The van der Waals surface area contributed by atoms with Crippen LogP contribution in [-0.4, -0.2) is 46.7 Å². The standard InChI is InChI=1S/C23H27N5O4/c1-13(2)12-32-22-15(7-6-8-17(22)30-4)16-11-19(29)24-23-21(16)14(3)27-28(23)18-9-10-20(31-5)26-25-18/h6-10,13,16H,11-12H2,1-5H3,(H,24,29). The zero-order valence-corrected chi connectivity index (χ0v) is 18.9. The molecule has 1 atom stereocenters. The molecule has 0 spiro atoms. The maximum atomic E-state index is 12.8. The van der Waals surface area contributed by atoms with Crippen molar-refractivity contribution in [2.45, 2.75) is 33.1 Å². The molecule has 0 aliphatic carbocycles. The highest BCUT2D eigenvalue weighted by atomic mass is 16.5. The number of anilines is 1. The van der Waals surface area contributed by atoms with E-state index in [9.17, 15) is 4.79 Å². The normalized spacial score (nSPS) is 15.3. The number of amides is 1. The Morgan fingerprint density at radius 1 is 1.16 bits per heavy atom. The Morgan fingerprint density at radius 2 is 1.97 bits per heavy atom. The second kappa shape index (κ2) is 8.86. The SMILES string of the molecule is COc1ccc(-n2nc(C)c3c2NC(=O)CC3c2cccc(OC)c2OCC(C)C)nn1. The molecule has 0 fully saturated rings. The Balaban J connectivity index is 1.83. The maximum Gasteiger partial charge on any atom is 0.233 e. The molecule has 1 unspecified atom stereocenters. The second-order valence-corrected chi connectivity index (χ2v) is 8.08. The molecule has 0 bridgehead atoms. The lowest BCUT2D eigenvalue weighted by Gasteiger charge is -2.27. The fourth-order valence-corrected chi connectivity index (χ4v) is 3.89. The van der Waals surface area contributed by atoms with Crippen LogP contribution in [0.2, 0.25) is 0 Å². The van der Waals surface area contributed by atoms with Gasteiger partial charge in [-0.2, -0.15) is 9.78 Å². The van der Waals surface area contributed by atoms with Crippen molar-refractivity contribution >= 4 is 11.7 Å². The molecule has 1 amide bonds. The smallest absolute Gasteiger partial charge is 0.233 e. The molecule has 9 heteroatoms. The molecule has 0 saturated carbocycles. The average Bonchev–Trinajstić information content (AvgIpc) is 3.12. The predicted molar refractivity (Wildman–Crippen MR) is 119 cm³/mol. The van der Waals surface area contributed by atoms with Crippen LogP contribution in [-0.2, 0) is 4.79 Å². The number of methoxy groups -OCH3 is 2. The van der Waals surface area contributed by atoms with Crippen LogP contribution in [0.4, 0.5) is 5.82 Å². The summed E-state index contributed by atoms with van der Waals surface area (Å²) in [5.74, 6) is 2.76. The van der Waals surface area contributed by atoms with Gasteiger partial charge in [-0.25, -0.2) is 0 Å².